The smallest absolute Gasteiger partial charge is 0.187 e. The summed E-state index contributed by atoms with van der Waals surface area (Å²) in [6.45, 7) is 12.3. The molecule has 5 rings (SSSR count). The minimum absolute atomic E-state index is 0.0558. The van der Waals surface area contributed by atoms with E-state index in [0.717, 1.165) is 23.7 Å². The van der Waals surface area contributed by atoms with E-state index in [1.54, 1.807) is 0 Å². The van der Waals surface area contributed by atoms with Crippen molar-refractivity contribution >= 4 is 5.78 Å². The Hall–Kier alpha value is -0.890. The van der Waals surface area contributed by atoms with Crippen molar-refractivity contribution < 1.29 is 9.53 Å². The lowest BCUT2D eigenvalue weighted by Crippen LogP contribution is -2.51. The molecule has 3 fully saturated rings. The van der Waals surface area contributed by atoms with Crippen molar-refractivity contribution in [1.82, 2.24) is 0 Å². The van der Waals surface area contributed by atoms with E-state index in [1.807, 2.05) is 6.08 Å². The molecule has 1 saturated heterocycles. The maximum absolute atomic E-state index is 12.2. The lowest BCUT2D eigenvalue weighted by atomic mass is 9.48. The SMILES string of the molecule is CC(C)CCC[C@@H](C)[C@H]1CC[C@H]2[C@@H]3C=CC4=CC(=O)[C@H]5OC5[C@]4(C)[C@H]3CC[C@]12C. The number of hydrogen-bond acceptors (Lipinski definition) is 2. The van der Waals surface area contributed by atoms with Crippen LogP contribution in [0.2, 0.25) is 0 Å². The molecule has 0 spiro atoms. The molecule has 0 bridgehead atoms. The first-order valence-corrected chi connectivity index (χ1v) is 12.4. The lowest BCUT2D eigenvalue weighted by molar-refractivity contribution is -0.116. The van der Waals surface area contributed by atoms with E-state index in [4.69, 9.17) is 4.74 Å². The fourth-order valence-corrected chi connectivity index (χ4v) is 8.39. The standard InChI is InChI=1S/C27H40O2/c1-16(2)7-6-8-17(3)20-11-12-21-19-10-9-18-15-23(28)24-25(29-24)27(18,5)22(19)13-14-26(20,21)4/h9-10,15-17,19-22,24-25H,6-8,11-14H2,1-5H3/t17-,19+,20-,21+,22+,24-,25?,26-,27+/m1/s1. The van der Waals surface area contributed by atoms with Gasteiger partial charge in [-0.05, 0) is 78.3 Å². The van der Waals surface area contributed by atoms with Crippen molar-refractivity contribution in [3.05, 3.63) is 23.8 Å². The third-order valence-corrected chi connectivity index (χ3v) is 10.1. The van der Waals surface area contributed by atoms with E-state index in [0.29, 0.717) is 17.3 Å². The second kappa shape index (κ2) is 6.81. The monoisotopic (exact) mass is 396 g/mol. The Balaban J connectivity index is 1.37. The summed E-state index contributed by atoms with van der Waals surface area (Å²) in [6, 6.07) is 0. The summed E-state index contributed by atoms with van der Waals surface area (Å²) in [5.74, 6) is 4.89. The van der Waals surface area contributed by atoms with Crippen LogP contribution in [-0.4, -0.2) is 18.0 Å². The number of ketones is 1. The van der Waals surface area contributed by atoms with Crippen molar-refractivity contribution in [2.24, 2.45) is 46.3 Å². The third-order valence-electron chi connectivity index (χ3n) is 10.1. The molecule has 29 heavy (non-hydrogen) atoms. The molecule has 0 aromatic heterocycles. The fourth-order valence-electron chi connectivity index (χ4n) is 8.39. The first-order valence-electron chi connectivity index (χ1n) is 12.4. The van der Waals surface area contributed by atoms with E-state index < -0.39 is 0 Å². The van der Waals surface area contributed by atoms with Crippen LogP contribution >= 0.6 is 0 Å². The molecule has 1 unspecified atom stereocenters. The average Bonchev–Trinajstić information content (AvgIpc) is 3.40. The van der Waals surface area contributed by atoms with Gasteiger partial charge in [0.2, 0.25) is 0 Å². The highest BCUT2D eigenvalue weighted by atomic mass is 16.6. The summed E-state index contributed by atoms with van der Waals surface area (Å²) in [5, 5.41) is 0. The van der Waals surface area contributed by atoms with E-state index in [-0.39, 0.29) is 23.4 Å². The molecule has 0 aromatic carbocycles. The van der Waals surface area contributed by atoms with Crippen LogP contribution < -0.4 is 0 Å². The number of epoxide rings is 1. The molecule has 2 nitrogen and oxygen atoms in total. The van der Waals surface area contributed by atoms with Gasteiger partial charge in [0.25, 0.3) is 0 Å². The van der Waals surface area contributed by atoms with Crippen LogP contribution in [0.25, 0.3) is 0 Å². The highest BCUT2D eigenvalue weighted by Crippen LogP contribution is 2.68. The van der Waals surface area contributed by atoms with Crippen molar-refractivity contribution in [2.75, 3.05) is 0 Å². The number of carbonyl (C=O) groups is 1. The average molecular weight is 397 g/mol. The van der Waals surface area contributed by atoms with E-state index >= 15 is 0 Å². The molecule has 9 atom stereocenters. The van der Waals surface area contributed by atoms with Crippen LogP contribution in [0.4, 0.5) is 0 Å². The van der Waals surface area contributed by atoms with Gasteiger partial charge in [0.1, 0.15) is 12.2 Å². The first-order chi connectivity index (χ1) is 13.8. The zero-order chi connectivity index (χ0) is 20.6. The zero-order valence-electron chi connectivity index (χ0n) is 19.1. The largest absolute Gasteiger partial charge is 0.360 e. The molecule has 4 aliphatic carbocycles. The Morgan fingerprint density at radius 3 is 2.66 bits per heavy atom. The third kappa shape index (κ3) is 2.87. The number of rotatable bonds is 5. The van der Waals surface area contributed by atoms with Gasteiger partial charge in [0.05, 0.1) is 0 Å². The zero-order valence-corrected chi connectivity index (χ0v) is 19.1. The van der Waals surface area contributed by atoms with Gasteiger partial charge in [-0.25, -0.2) is 0 Å². The summed E-state index contributed by atoms with van der Waals surface area (Å²) in [6.07, 6.45) is 16.4. The number of carbonyl (C=O) groups excluding carboxylic acids is 1. The predicted molar refractivity (Wildman–Crippen MR) is 117 cm³/mol. The number of hydrogen-bond donors (Lipinski definition) is 0. The summed E-state index contributed by atoms with van der Waals surface area (Å²) in [4.78, 5) is 12.2. The molecule has 5 aliphatic rings. The Morgan fingerprint density at radius 2 is 1.90 bits per heavy atom. The van der Waals surface area contributed by atoms with Crippen LogP contribution in [0.15, 0.2) is 23.8 Å². The number of fused-ring (bicyclic) bond motifs is 7. The summed E-state index contributed by atoms with van der Waals surface area (Å²) < 4.78 is 5.94. The lowest BCUT2D eigenvalue weighted by Gasteiger charge is -2.56. The second-order valence-corrected chi connectivity index (χ2v) is 11.9. The van der Waals surface area contributed by atoms with Crippen LogP contribution in [-0.2, 0) is 9.53 Å². The molecule has 0 aromatic rings. The Morgan fingerprint density at radius 1 is 1.10 bits per heavy atom. The van der Waals surface area contributed by atoms with Gasteiger partial charge in [0.15, 0.2) is 5.78 Å². The van der Waals surface area contributed by atoms with Gasteiger partial charge in [0, 0.05) is 5.41 Å². The predicted octanol–water partition coefficient (Wildman–Crippen LogP) is 6.36. The number of allylic oxidation sites excluding steroid dienone is 2. The Bertz CT molecular complexity index is 748. The Kier molecular flexibility index (Phi) is 4.70. The minimum Gasteiger partial charge on any atom is -0.360 e. The van der Waals surface area contributed by atoms with Crippen molar-refractivity contribution in [3.63, 3.8) is 0 Å². The van der Waals surface area contributed by atoms with Crippen LogP contribution in [0.1, 0.15) is 79.6 Å². The van der Waals surface area contributed by atoms with Gasteiger partial charge >= 0.3 is 0 Å². The molecule has 1 heterocycles. The minimum atomic E-state index is -0.137. The molecule has 2 saturated carbocycles. The van der Waals surface area contributed by atoms with Crippen molar-refractivity contribution in [3.8, 4) is 0 Å². The van der Waals surface area contributed by atoms with Crippen LogP contribution in [0.5, 0.6) is 0 Å². The van der Waals surface area contributed by atoms with Gasteiger partial charge in [-0.1, -0.05) is 66.0 Å². The summed E-state index contributed by atoms with van der Waals surface area (Å²) in [5.41, 5.74) is 1.80. The molecular weight excluding hydrogens is 356 g/mol. The van der Waals surface area contributed by atoms with Gasteiger partial charge in [-0.3, -0.25) is 4.79 Å². The maximum atomic E-state index is 12.2. The first kappa shape index (κ1) is 20.0. The maximum Gasteiger partial charge on any atom is 0.187 e. The Labute approximate surface area is 177 Å². The molecule has 0 radical (unpaired) electrons. The number of ether oxygens (including phenoxy) is 1. The summed E-state index contributed by atoms with van der Waals surface area (Å²) >= 11 is 0. The molecule has 1 aliphatic heterocycles. The quantitative estimate of drug-likeness (QED) is 0.506. The van der Waals surface area contributed by atoms with Crippen molar-refractivity contribution in [1.29, 1.82) is 0 Å². The highest BCUT2D eigenvalue weighted by Gasteiger charge is 2.66. The second-order valence-electron chi connectivity index (χ2n) is 11.9. The molecule has 0 N–H and O–H groups in total. The van der Waals surface area contributed by atoms with Crippen molar-refractivity contribution in [2.45, 2.75) is 91.8 Å². The molecule has 160 valence electrons. The molecule has 0 amide bonds. The van der Waals surface area contributed by atoms with E-state index in [1.165, 1.54) is 50.5 Å². The highest BCUT2D eigenvalue weighted by molar-refractivity contribution is 5.98. The van der Waals surface area contributed by atoms with Crippen LogP contribution in [0.3, 0.4) is 0 Å². The molecule has 2 heteroatoms. The topological polar surface area (TPSA) is 29.6 Å². The van der Waals surface area contributed by atoms with E-state index in [9.17, 15) is 4.79 Å². The van der Waals surface area contributed by atoms with E-state index in [2.05, 4.69) is 46.8 Å². The van der Waals surface area contributed by atoms with Gasteiger partial charge in [-0.2, -0.15) is 0 Å². The molecular formula is C27H40O2. The van der Waals surface area contributed by atoms with Gasteiger partial charge in [-0.15, -0.1) is 0 Å². The fraction of sp³-hybridized carbons (Fsp3) is 0.815. The van der Waals surface area contributed by atoms with Crippen LogP contribution in [0, 0.1) is 46.3 Å². The normalized spacial score (nSPS) is 48.5. The van der Waals surface area contributed by atoms with Gasteiger partial charge < -0.3 is 4.74 Å². The summed E-state index contributed by atoms with van der Waals surface area (Å²) in [7, 11) is 0.